The van der Waals surface area contributed by atoms with Gasteiger partial charge in [-0.15, -0.1) is 11.3 Å². The first-order valence-corrected chi connectivity index (χ1v) is 9.51. The van der Waals surface area contributed by atoms with Crippen LogP contribution in [0, 0.1) is 11.3 Å². The number of carbonyl (C=O) groups excluding carboxylic acids is 1. The molecule has 7 nitrogen and oxygen atoms in total. The van der Waals surface area contributed by atoms with Crippen molar-refractivity contribution < 1.29 is 4.79 Å². The molecule has 26 heavy (non-hydrogen) atoms. The van der Waals surface area contributed by atoms with Crippen LogP contribution in [0.2, 0.25) is 0 Å². The molecule has 0 radical (unpaired) electrons. The van der Waals surface area contributed by atoms with E-state index in [1.807, 2.05) is 4.90 Å². The second kappa shape index (κ2) is 8.25. The molecule has 3 heterocycles. The number of likely N-dealkylation sites (tertiary alicyclic amines) is 1. The van der Waals surface area contributed by atoms with Crippen LogP contribution in [-0.2, 0) is 6.54 Å². The molecular weight excluding hydrogens is 348 g/mol. The lowest BCUT2D eigenvalue weighted by atomic mass is 10.1. The van der Waals surface area contributed by atoms with Crippen LogP contribution in [0.1, 0.15) is 40.3 Å². The number of anilines is 1. The van der Waals surface area contributed by atoms with Gasteiger partial charge in [0.05, 0.1) is 12.1 Å². The summed E-state index contributed by atoms with van der Waals surface area (Å²) in [5.41, 5.74) is 6.19. The summed E-state index contributed by atoms with van der Waals surface area (Å²) in [5, 5.41) is 10.9. The monoisotopic (exact) mass is 370 g/mol. The number of nitrogen functional groups attached to an aromatic ring is 1. The molecule has 0 unspecified atom stereocenters. The molecule has 1 aliphatic rings. The van der Waals surface area contributed by atoms with Gasteiger partial charge in [-0.2, -0.15) is 5.26 Å². The highest BCUT2D eigenvalue weighted by Crippen LogP contribution is 2.22. The average Bonchev–Trinajstić information content (AvgIpc) is 2.97. The molecule has 0 aromatic carbocycles. The Kier molecular flexibility index (Phi) is 5.81. The van der Waals surface area contributed by atoms with E-state index in [1.54, 1.807) is 23.7 Å². The van der Waals surface area contributed by atoms with Crippen molar-refractivity contribution >= 4 is 23.1 Å². The number of thiophene rings is 1. The summed E-state index contributed by atoms with van der Waals surface area (Å²) >= 11 is 1.34. The minimum absolute atomic E-state index is 0.0287. The fourth-order valence-corrected chi connectivity index (χ4v) is 4.08. The summed E-state index contributed by atoms with van der Waals surface area (Å²) in [6, 6.07) is 5.84. The van der Waals surface area contributed by atoms with Gasteiger partial charge in [0.1, 0.15) is 22.6 Å². The average molecular weight is 370 g/mol. The van der Waals surface area contributed by atoms with Crippen molar-refractivity contribution in [3.63, 3.8) is 0 Å². The van der Waals surface area contributed by atoms with E-state index in [1.165, 1.54) is 11.3 Å². The Morgan fingerprint density at radius 2 is 2.31 bits per heavy atom. The Bertz CT molecular complexity index is 814. The van der Waals surface area contributed by atoms with E-state index in [9.17, 15) is 4.79 Å². The van der Waals surface area contributed by atoms with E-state index in [-0.39, 0.29) is 5.91 Å². The zero-order chi connectivity index (χ0) is 18.5. The van der Waals surface area contributed by atoms with Crippen molar-refractivity contribution in [3.8, 4) is 6.07 Å². The maximum Gasteiger partial charge on any atom is 0.265 e. The van der Waals surface area contributed by atoms with E-state index < -0.39 is 0 Å². The van der Waals surface area contributed by atoms with Gasteiger partial charge in [0.2, 0.25) is 0 Å². The molecule has 1 aliphatic heterocycles. The molecule has 1 amide bonds. The third kappa shape index (κ3) is 4.18. The fraction of sp³-hybridized carbons (Fsp3) is 0.444. The Hall–Kier alpha value is -2.50. The van der Waals surface area contributed by atoms with Crippen molar-refractivity contribution in [3.05, 3.63) is 40.0 Å². The predicted octanol–water partition coefficient (Wildman–Crippen LogP) is 2.12. The van der Waals surface area contributed by atoms with Gasteiger partial charge in [0.15, 0.2) is 0 Å². The number of carbonyl (C=O) groups is 1. The van der Waals surface area contributed by atoms with Crippen LogP contribution in [-0.4, -0.2) is 51.9 Å². The second-order valence-corrected chi connectivity index (χ2v) is 7.38. The van der Waals surface area contributed by atoms with Gasteiger partial charge in [-0.05, 0) is 43.8 Å². The summed E-state index contributed by atoms with van der Waals surface area (Å²) in [6.07, 6.45) is 4.51. The number of nitrogens with two attached hydrogens (primary N) is 1. The van der Waals surface area contributed by atoms with Crippen LogP contribution in [0.15, 0.2) is 23.7 Å². The van der Waals surface area contributed by atoms with Gasteiger partial charge in [0, 0.05) is 25.3 Å². The number of aromatic nitrogens is 2. The van der Waals surface area contributed by atoms with Crippen LogP contribution in [0.4, 0.5) is 5.82 Å². The maximum absolute atomic E-state index is 12.7. The first-order valence-electron chi connectivity index (χ1n) is 8.63. The number of rotatable bonds is 4. The van der Waals surface area contributed by atoms with Gasteiger partial charge >= 0.3 is 0 Å². The lowest BCUT2D eigenvalue weighted by molar-refractivity contribution is 0.0762. The molecule has 0 aliphatic carbocycles. The Balaban J connectivity index is 1.61. The summed E-state index contributed by atoms with van der Waals surface area (Å²) in [4.78, 5) is 25.9. The molecule has 3 rings (SSSR count). The third-order valence-corrected chi connectivity index (χ3v) is 5.61. The Morgan fingerprint density at radius 3 is 3.08 bits per heavy atom. The van der Waals surface area contributed by atoms with Gasteiger partial charge in [0.25, 0.3) is 5.91 Å². The van der Waals surface area contributed by atoms with Crippen molar-refractivity contribution in [1.82, 2.24) is 19.8 Å². The largest absolute Gasteiger partial charge is 0.384 e. The minimum Gasteiger partial charge on any atom is -0.384 e. The van der Waals surface area contributed by atoms with Crippen LogP contribution in [0.3, 0.4) is 0 Å². The molecule has 1 fully saturated rings. The van der Waals surface area contributed by atoms with Gasteiger partial charge < -0.3 is 10.6 Å². The predicted molar refractivity (Wildman–Crippen MR) is 100 cm³/mol. The lowest BCUT2D eigenvalue weighted by Gasteiger charge is -2.26. The van der Waals surface area contributed by atoms with Gasteiger partial charge in [-0.25, -0.2) is 9.97 Å². The molecule has 2 aromatic heterocycles. The van der Waals surface area contributed by atoms with Crippen molar-refractivity contribution in [2.45, 2.75) is 31.8 Å². The standard InChI is InChI=1S/C18H22N6OS/c1-23(12-16-21-7-4-15(20)22-16)14-3-2-8-24(9-5-14)18(25)17-13(11-19)6-10-26-17/h4,6-7,10,14H,2-3,5,8-9,12H2,1H3,(H2,20,21,22)/t14-/m0/s1. The normalized spacial score (nSPS) is 17.7. The van der Waals surface area contributed by atoms with Crippen molar-refractivity contribution in [2.75, 3.05) is 25.9 Å². The summed E-state index contributed by atoms with van der Waals surface area (Å²) in [6.45, 7) is 2.04. The molecule has 1 atom stereocenters. The SMILES string of the molecule is CN(Cc1nccc(N)n1)[C@H]1CCCN(C(=O)c2sccc2C#N)CC1. The zero-order valence-electron chi connectivity index (χ0n) is 14.8. The van der Waals surface area contributed by atoms with Crippen molar-refractivity contribution in [2.24, 2.45) is 0 Å². The molecule has 2 aromatic rings. The Labute approximate surface area is 157 Å². The van der Waals surface area contributed by atoms with Crippen LogP contribution < -0.4 is 5.73 Å². The quantitative estimate of drug-likeness (QED) is 0.885. The first-order chi connectivity index (χ1) is 12.6. The highest BCUT2D eigenvalue weighted by Gasteiger charge is 2.26. The molecule has 0 spiro atoms. The molecule has 1 saturated heterocycles. The van der Waals surface area contributed by atoms with E-state index >= 15 is 0 Å². The molecule has 136 valence electrons. The topological polar surface area (TPSA) is 99.1 Å². The zero-order valence-corrected chi connectivity index (χ0v) is 15.6. The molecule has 0 saturated carbocycles. The summed E-state index contributed by atoms with van der Waals surface area (Å²) in [7, 11) is 2.06. The maximum atomic E-state index is 12.7. The number of hydrogen-bond donors (Lipinski definition) is 1. The lowest BCUT2D eigenvalue weighted by Crippen LogP contribution is -2.35. The number of hydrogen-bond acceptors (Lipinski definition) is 7. The fourth-order valence-electron chi connectivity index (χ4n) is 3.27. The first kappa shape index (κ1) is 18.3. The third-order valence-electron chi connectivity index (χ3n) is 4.71. The van der Waals surface area contributed by atoms with Crippen LogP contribution >= 0.6 is 11.3 Å². The smallest absolute Gasteiger partial charge is 0.265 e. The van der Waals surface area contributed by atoms with Gasteiger partial charge in [-0.1, -0.05) is 0 Å². The minimum atomic E-state index is -0.0287. The second-order valence-electron chi connectivity index (χ2n) is 6.46. The molecule has 8 heteroatoms. The van der Waals surface area contributed by atoms with E-state index in [2.05, 4.69) is 28.0 Å². The molecule has 0 bridgehead atoms. The van der Waals surface area contributed by atoms with Crippen LogP contribution in [0.25, 0.3) is 0 Å². The van der Waals surface area contributed by atoms with E-state index in [0.29, 0.717) is 41.2 Å². The molecular formula is C18H22N6OS. The summed E-state index contributed by atoms with van der Waals surface area (Å²) in [5.74, 6) is 1.16. The van der Waals surface area contributed by atoms with E-state index in [0.717, 1.165) is 25.8 Å². The van der Waals surface area contributed by atoms with Crippen molar-refractivity contribution in [1.29, 1.82) is 5.26 Å². The number of nitriles is 1. The summed E-state index contributed by atoms with van der Waals surface area (Å²) < 4.78 is 0. The number of nitrogens with zero attached hydrogens (tertiary/aromatic N) is 5. The van der Waals surface area contributed by atoms with Gasteiger partial charge in [-0.3, -0.25) is 9.69 Å². The molecule has 2 N–H and O–H groups in total. The van der Waals surface area contributed by atoms with Crippen LogP contribution in [0.5, 0.6) is 0 Å². The highest BCUT2D eigenvalue weighted by atomic mass is 32.1. The Morgan fingerprint density at radius 1 is 1.46 bits per heavy atom. The number of amides is 1. The van der Waals surface area contributed by atoms with E-state index in [4.69, 9.17) is 11.0 Å². The highest BCUT2D eigenvalue weighted by molar-refractivity contribution is 7.12.